The molecule has 1 saturated heterocycles. The van der Waals surface area contributed by atoms with Crippen molar-refractivity contribution in [1.29, 1.82) is 0 Å². The Kier molecular flexibility index (Phi) is 4.24. The minimum atomic E-state index is 0.0818. The van der Waals surface area contributed by atoms with Gasteiger partial charge in [-0.15, -0.1) is 0 Å². The molecule has 2 heterocycles. The molecule has 0 bridgehead atoms. The standard InChI is InChI=1S/C15H15BrClNO3/c1-9-6-13-10(7-12(9)17)11(15(16)21-13)8-14(19)18-2-4-20-5-3-18/h6-7H,2-5,8H2,1H3. The Balaban J connectivity index is 1.91. The van der Waals surface area contributed by atoms with E-state index in [1.54, 1.807) is 0 Å². The molecule has 1 aromatic carbocycles. The summed E-state index contributed by atoms with van der Waals surface area (Å²) in [6.45, 7) is 4.42. The van der Waals surface area contributed by atoms with Gasteiger partial charge in [-0.05, 0) is 40.5 Å². The molecular formula is C15H15BrClNO3. The van der Waals surface area contributed by atoms with E-state index < -0.39 is 0 Å². The van der Waals surface area contributed by atoms with Crippen molar-refractivity contribution < 1.29 is 13.9 Å². The van der Waals surface area contributed by atoms with Gasteiger partial charge in [-0.2, -0.15) is 0 Å². The summed E-state index contributed by atoms with van der Waals surface area (Å²) in [5, 5.41) is 1.56. The van der Waals surface area contributed by atoms with E-state index in [1.807, 2.05) is 24.0 Å². The number of carbonyl (C=O) groups excluding carboxylic acids is 1. The number of halogens is 2. The van der Waals surface area contributed by atoms with Crippen molar-refractivity contribution in [3.05, 3.63) is 33.0 Å². The fourth-order valence-electron chi connectivity index (χ4n) is 2.48. The molecule has 112 valence electrons. The van der Waals surface area contributed by atoms with E-state index in [2.05, 4.69) is 15.9 Å². The lowest BCUT2D eigenvalue weighted by atomic mass is 10.1. The third-order valence-corrected chi connectivity index (χ3v) is 4.76. The first kappa shape index (κ1) is 14.9. The van der Waals surface area contributed by atoms with Crippen LogP contribution in [-0.2, 0) is 16.0 Å². The number of aryl methyl sites for hydroxylation is 1. The number of hydrogen-bond acceptors (Lipinski definition) is 3. The van der Waals surface area contributed by atoms with Crippen LogP contribution in [0, 0.1) is 6.92 Å². The first-order chi connectivity index (χ1) is 10.1. The summed E-state index contributed by atoms with van der Waals surface area (Å²) in [6.07, 6.45) is 0.299. The molecule has 21 heavy (non-hydrogen) atoms. The van der Waals surface area contributed by atoms with Gasteiger partial charge in [-0.3, -0.25) is 4.79 Å². The van der Waals surface area contributed by atoms with E-state index in [4.69, 9.17) is 20.8 Å². The lowest BCUT2D eigenvalue weighted by Gasteiger charge is -2.26. The quantitative estimate of drug-likeness (QED) is 0.809. The highest BCUT2D eigenvalue weighted by Crippen LogP contribution is 2.34. The Bertz CT molecular complexity index is 692. The number of rotatable bonds is 2. The second-order valence-corrected chi connectivity index (χ2v) is 6.25. The van der Waals surface area contributed by atoms with Crippen LogP contribution in [-0.4, -0.2) is 37.1 Å². The smallest absolute Gasteiger partial charge is 0.227 e. The molecule has 0 atom stereocenters. The Morgan fingerprint density at radius 1 is 1.38 bits per heavy atom. The highest BCUT2D eigenvalue weighted by molar-refractivity contribution is 9.10. The van der Waals surface area contributed by atoms with E-state index in [0.717, 1.165) is 22.1 Å². The van der Waals surface area contributed by atoms with Gasteiger partial charge in [0, 0.05) is 29.1 Å². The summed E-state index contributed by atoms with van der Waals surface area (Å²) in [5.74, 6) is 0.0818. The molecular weight excluding hydrogens is 358 g/mol. The normalized spacial score (nSPS) is 15.7. The minimum absolute atomic E-state index is 0.0818. The molecule has 2 aromatic rings. The van der Waals surface area contributed by atoms with E-state index in [9.17, 15) is 4.79 Å². The number of hydrogen-bond donors (Lipinski definition) is 0. The van der Waals surface area contributed by atoms with Crippen LogP contribution >= 0.6 is 27.5 Å². The lowest BCUT2D eigenvalue weighted by Crippen LogP contribution is -2.41. The fraction of sp³-hybridized carbons (Fsp3) is 0.400. The summed E-state index contributed by atoms with van der Waals surface area (Å²) < 4.78 is 11.6. The lowest BCUT2D eigenvalue weighted by molar-refractivity contribution is -0.134. The van der Waals surface area contributed by atoms with Gasteiger partial charge in [0.05, 0.1) is 19.6 Å². The molecule has 4 nitrogen and oxygen atoms in total. The van der Waals surface area contributed by atoms with Crippen molar-refractivity contribution in [3.63, 3.8) is 0 Å². The molecule has 1 aliphatic rings. The highest BCUT2D eigenvalue weighted by Gasteiger charge is 2.21. The second-order valence-electron chi connectivity index (χ2n) is 5.12. The minimum Gasteiger partial charge on any atom is -0.449 e. The molecule has 0 saturated carbocycles. The van der Waals surface area contributed by atoms with Crippen molar-refractivity contribution >= 4 is 44.4 Å². The van der Waals surface area contributed by atoms with Crippen LogP contribution in [0.5, 0.6) is 0 Å². The van der Waals surface area contributed by atoms with Gasteiger partial charge in [0.25, 0.3) is 0 Å². The van der Waals surface area contributed by atoms with Gasteiger partial charge >= 0.3 is 0 Å². The number of furan rings is 1. The molecule has 3 rings (SSSR count). The number of benzene rings is 1. The van der Waals surface area contributed by atoms with E-state index in [1.165, 1.54) is 0 Å². The number of nitrogens with zero attached hydrogens (tertiary/aromatic N) is 1. The summed E-state index contributed by atoms with van der Waals surface area (Å²) in [6, 6.07) is 3.76. The second kappa shape index (κ2) is 5.99. The number of amides is 1. The zero-order valence-electron chi connectivity index (χ0n) is 11.6. The van der Waals surface area contributed by atoms with Gasteiger partial charge in [0.1, 0.15) is 5.58 Å². The van der Waals surface area contributed by atoms with Crippen molar-refractivity contribution in [2.24, 2.45) is 0 Å². The van der Waals surface area contributed by atoms with E-state index >= 15 is 0 Å². The van der Waals surface area contributed by atoms with Crippen molar-refractivity contribution in [2.75, 3.05) is 26.3 Å². The molecule has 0 unspecified atom stereocenters. The summed E-state index contributed by atoms with van der Waals surface area (Å²) >= 11 is 9.59. The van der Waals surface area contributed by atoms with Crippen molar-refractivity contribution in [3.8, 4) is 0 Å². The number of carbonyl (C=O) groups is 1. The molecule has 0 N–H and O–H groups in total. The van der Waals surface area contributed by atoms with Crippen LogP contribution in [0.25, 0.3) is 11.0 Å². The monoisotopic (exact) mass is 371 g/mol. The van der Waals surface area contributed by atoms with Crippen LogP contribution in [0.15, 0.2) is 21.2 Å². The Labute approximate surface area is 136 Å². The van der Waals surface area contributed by atoms with Crippen LogP contribution in [0.2, 0.25) is 5.02 Å². The summed E-state index contributed by atoms with van der Waals surface area (Å²) in [4.78, 5) is 14.2. The number of ether oxygens (including phenoxy) is 1. The molecule has 0 radical (unpaired) electrons. The predicted octanol–water partition coefficient (Wildman–Crippen LogP) is 3.56. The topological polar surface area (TPSA) is 42.7 Å². The molecule has 1 amide bonds. The van der Waals surface area contributed by atoms with Crippen LogP contribution in [0.1, 0.15) is 11.1 Å². The van der Waals surface area contributed by atoms with E-state index in [-0.39, 0.29) is 5.91 Å². The van der Waals surface area contributed by atoms with Crippen LogP contribution in [0.4, 0.5) is 0 Å². The Morgan fingerprint density at radius 3 is 2.81 bits per heavy atom. The maximum Gasteiger partial charge on any atom is 0.227 e. The first-order valence-corrected chi connectivity index (χ1v) is 7.96. The average molecular weight is 373 g/mol. The predicted molar refractivity (Wildman–Crippen MR) is 84.8 cm³/mol. The van der Waals surface area contributed by atoms with Crippen molar-refractivity contribution in [2.45, 2.75) is 13.3 Å². The third kappa shape index (κ3) is 2.96. The number of morpholine rings is 1. The number of fused-ring (bicyclic) bond motifs is 1. The van der Waals surface area contributed by atoms with Gasteiger partial charge < -0.3 is 14.1 Å². The third-order valence-electron chi connectivity index (χ3n) is 3.71. The summed E-state index contributed by atoms with van der Waals surface area (Å²) in [7, 11) is 0. The van der Waals surface area contributed by atoms with E-state index in [0.29, 0.717) is 42.4 Å². The van der Waals surface area contributed by atoms with Gasteiger partial charge in [0.15, 0.2) is 4.67 Å². The zero-order chi connectivity index (χ0) is 15.0. The van der Waals surface area contributed by atoms with Crippen molar-refractivity contribution in [1.82, 2.24) is 4.90 Å². The largest absolute Gasteiger partial charge is 0.449 e. The highest BCUT2D eigenvalue weighted by atomic mass is 79.9. The molecule has 1 aliphatic heterocycles. The summed E-state index contributed by atoms with van der Waals surface area (Å²) in [5.41, 5.74) is 2.55. The van der Waals surface area contributed by atoms with Crippen LogP contribution in [0.3, 0.4) is 0 Å². The van der Waals surface area contributed by atoms with Crippen LogP contribution < -0.4 is 0 Å². The first-order valence-electron chi connectivity index (χ1n) is 6.79. The van der Waals surface area contributed by atoms with Gasteiger partial charge in [0.2, 0.25) is 5.91 Å². The molecule has 0 spiro atoms. The molecule has 0 aliphatic carbocycles. The van der Waals surface area contributed by atoms with Gasteiger partial charge in [-0.25, -0.2) is 0 Å². The maximum atomic E-state index is 12.4. The molecule has 6 heteroatoms. The fourth-order valence-corrected chi connectivity index (χ4v) is 3.17. The SMILES string of the molecule is Cc1cc2oc(Br)c(CC(=O)N3CCOCC3)c2cc1Cl. The molecule has 1 aromatic heterocycles. The van der Waals surface area contributed by atoms with Gasteiger partial charge in [-0.1, -0.05) is 11.6 Å². The Morgan fingerprint density at radius 2 is 2.10 bits per heavy atom. The maximum absolute atomic E-state index is 12.4. The Hall–Kier alpha value is -1.04. The molecule has 1 fully saturated rings. The average Bonchev–Trinajstić information content (AvgIpc) is 2.76. The zero-order valence-corrected chi connectivity index (χ0v) is 14.0.